The molecule has 5 nitrogen and oxygen atoms in total. The Balaban J connectivity index is 1.36. The first-order valence-corrected chi connectivity index (χ1v) is 11.9. The van der Waals surface area contributed by atoms with Crippen LogP contribution in [-0.4, -0.2) is 18.0 Å². The van der Waals surface area contributed by atoms with Gasteiger partial charge in [-0.25, -0.2) is 4.98 Å². The maximum Gasteiger partial charge on any atom is 0.250 e. The molecule has 0 unspecified atom stereocenters. The average molecular weight is 471 g/mol. The fourth-order valence-electron chi connectivity index (χ4n) is 3.34. The number of methoxy groups -OCH3 is 1. The van der Waals surface area contributed by atoms with Gasteiger partial charge in [0.1, 0.15) is 6.61 Å². The molecule has 4 aromatic rings. The number of nitrogens with zero attached hydrogens (tertiary/aromatic N) is 1. The van der Waals surface area contributed by atoms with Crippen LogP contribution in [0.1, 0.15) is 23.6 Å². The fourth-order valence-corrected chi connectivity index (χ4v) is 4.06. The van der Waals surface area contributed by atoms with Crippen molar-refractivity contribution in [1.29, 1.82) is 0 Å². The van der Waals surface area contributed by atoms with Gasteiger partial charge in [-0.15, -0.1) is 11.3 Å². The second-order valence-corrected chi connectivity index (χ2v) is 8.45. The monoisotopic (exact) mass is 470 g/mol. The van der Waals surface area contributed by atoms with E-state index in [4.69, 9.17) is 9.47 Å². The summed E-state index contributed by atoms with van der Waals surface area (Å²) in [4.78, 5) is 16.9. The lowest BCUT2D eigenvalue weighted by Crippen LogP contribution is -2.07. The SMILES string of the molecule is CCc1ccc(-c2csc(NC(=O)/C=C/c3ccc(OCc4ccccc4)c(OC)c3)n2)cc1. The van der Waals surface area contributed by atoms with Crippen LogP contribution >= 0.6 is 11.3 Å². The average Bonchev–Trinajstić information content (AvgIpc) is 3.35. The Kier molecular flexibility index (Phi) is 7.73. The Morgan fingerprint density at radius 3 is 2.53 bits per heavy atom. The Bertz CT molecular complexity index is 1260. The molecule has 1 amide bonds. The normalized spacial score (nSPS) is 10.9. The van der Waals surface area contributed by atoms with Crippen LogP contribution in [0.25, 0.3) is 17.3 Å². The van der Waals surface area contributed by atoms with Crippen molar-refractivity contribution >= 4 is 28.5 Å². The summed E-state index contributed by atoms with van der Waals surface area (Å²) in [6.45, 7) is 2.58. The van der Waals surface area contributed by atoms with E-state index in [9.17, 15) is 4.79 Å². The van der Waals surface area contributed by atoms with Crippen LogP contribution in [0.15, 0.2) is 84.3 Å². The molecular weight excluding hydrogens is 444 g/mol. The van der Waals surface area contributed by atoms with Crippen LogP contribution in [0.5, 0.6) is 11.5 Å². The van der Waals surface area contributed by atoms with E-state index in [1.54, 1.807) is 13.2 Å². The van der Waals surface area contributed by atoms with Crippen LogP contribution < -0.4 is 14.8 Å². The molecule has 34 heavy (non-hydrogen) atoms. The number of aromatic nitrogens is 1. The number of benzene rings is 3. The second kappa shape index (κ2) is 11.3. The van der Waals surface area contributed by atoms with E-state index in [2.05, 4.69) is 41.5 Å². The lowest BCUT2D eigenvalue weighted by Gasteiger charge is -2.11. The zero-order chi connectivity index (χ0) is 23.8. The van der Waals surface area contributed by atoms with E-state index in [-0.39, 0.29) is 5.91 Å². The summed E-state index contributed by atoms with van der Waals surface area (Å²) in [5.41, 5.74) is 5.07. The minimum absolute atomic E-state index is 0.245. The van der Waals surface area contributed by atoms with E-state index < -0.39 is 0 Å². The van der Waals surface area contributed by atoms with Gasteiger partial charge in [0.25, 0.3) is 0 Å². The predicted molar refractivity (Wildman–Crippen MR) is 138 cm³/mol. The molecule has 0 aliphatic rings. The van der Waals surface area contributed by atoms with Gasteiger partial charge < -0.3 is 9.47 Å². The van der Waals surface area contributed by atoms with Crippen LogP contribution in [0, 0.1) is 0 Å². The van der Waals surface area contributed by atoms with Gasteiger partial charge >= 0.3 is 0 Å². The topological polar surface area (TPSA) is 60.5 Å². The number of rotatable bonds is 9. The summed E-state index contributed by atoms with van der Waals surface area (Å²) in [6.07, 6.45) is 4.22. The van der Waals surface area contributed by atoms with Crippen molar-refractivity contribution < 1.29 is 14.3 Å². The van der Waals surface area contributed by atoms with Crippen LogP contribution in [0.4, 0.5) is 5.13 Å². The highest BCUT2D eigenvalue weighted by Crippen LogP contribution is 2.29. The number of hydrogen-bond donors (Lipinski definition) is 1. The number of nitrogens with one attached hydrogen (secondary N) is 1. The van der Waals surface area contributed by atoms with Crippen molar-refractivity contribution in [2.75, 3.05) is 12.4 Å². The van der Waals surface area contributed by atoms with Gasteiger partial charge in [-0.3, -0.25) is 10.1 Å². The Morgan fingerprint density at radius 2 is 1.79 bits per heavy atom. The van der Waals surface area contributed by atoms with Crippen molar-refractivity contribution in [3.8, 4) is 22.8 Å². The third-order valence-electron chi connectivity index (χ3n) is 5.24. The molecule has 1 N–H and O–H groups in total. The quantitative estimate of drug-likeness (QED) is 0.280. The largest absolute Gasteiger partial charge is 0.493 e. The first-order valence-electron chi connectivity index (χ1n) is 11.0. The number of ether oxygens (including phenoxy) is 2. The molecule has 0 saturated carbocycles. The summed E-state index contributed by atoms with van der Waals surface area (Å²) in [6, 6.07) is 23.8. The summed E-state index contributed by atoms with van der Waals surface area (Å²) < 4.78 is 11.4. The van der Waals surface area contributed by atoms with Crippen LogP contribution in [-0.2, 0) is 17.8 Å². The van der Waals surface area contributed by atoms with Gasteiger partial charge in [0, 0.05) is 17.0 Å². The predicted octanol–water partition coefficient (Wildman–Crippen LogP) is 6.61. The molecule has 6 heteroatoms. The number of carbonyl (C=O) groups is 1. The molecule has 0 atom stereocenters. The van der Waals surface area contributed by atoms with Gasteiger partial charge in [0.05, 0.1) is 12.8 Å². The van der Waals surface area contributed by atoms with Gasteiger partial charge in [0.2, 0.25) is 5.91 Å². The first kappa shape index (κ1) is 23.3. The van der Waals surface area contributed by atoms with E-state index in [0.29, 0.717) is 23.2 Å². The number of carbonyl (C=O) groups excluding carboxylic acids is 1. The summed E-state index contributed by atoms with van der Waals surface area (Å²) in [5, 5.41) is 5.33. The van der Waals surface area contributed by atoms with E-state index in [1.165, 1.54) is 23.0 Å². The zero-order valence-electron chi connectivity index (χ0n) is 19.2. The number of hydrogen-bond acceptors (Lipinski definition) is 5. The van der Waals surface area contributed by atoms with Gasteiger partial charge in [-0.2, -0.15) is 0 Å². The highest BCUT2D eigenvalue weighted by atomic mass is 32.1. The maximum atomic E-state index is 12.4. The third kappa shape index (κ3) is 6.11. The van der Waals surface area contributed by atoms with Crippen molar-refractivity contribution in [2.24, 2.45) is 0 Å². The fraction of sp³-hybridized carbons (Fsp3) is 0.143. The highest BCUT2D eigenvalue weighted by Gasteiger charge is 2.08. The van der Waals surface area contributed by atoms with Gasteiger partial charge in [-0.1, -0.05) is 67.6 Å². The molecule has 0 radical (unpaired) electrons. The highest BCUT2D eigenvalue weighted by molar-refractivity contribution is 7.14. The standard InChI is InChI=1S/C28H26N2O3S/c1-3-20-9-13-23(14-10-20)24-19-34-28(29-24)30-27(31)16-12-21-11-15-25(26(17-21)32-2)33-18-22-7-5-4-6-8-22/h4-17,19H,3,18H2,1-2H3,(H,29,30,31)/b16-12+. The first-order chi connectivity index (χ1) is 16.6. The second-order valence-electron chi connectivity index (χ2n) is 7.60. The molecule has 0 spiro atoms. The van der Waals surface area contributed by atoms with Crippen molar-refractivity contribution in [3.05, 3.63) is 101 Å². The minimum atomic E-state index is -0.245. The van der Waals surface area contributed by atoms with Crippen LogP contribution in [0.3, 0.4) is 0 Å². The van der Waals surface area contributed by atoms with E-state index in [0.717, 1.165) is 28.8 Å². The number of aryl methyl sites for hydroxylation is 1. The number of anilines is 1. The Morgan fingerprint density at radius 1 is 1.00 bits per heavy atom. The summed E-state index contributed by atoms with van der Waals surface area (Å²) in [7, 11) is 1.60. The molecule has 0 aliphatic carbocycles. The number of amides is 1. The lowest BCUT2D eigenvalue weighted by molar-refractivity contribution is -0.111. The van der Waals surface area contributed by atoms with Crippen molar-refractivity contribution in [1.82, 2.24) is 4.98 Å². The molecule has 1 heterocycles. The molecule has 172 valence electrons. The van der Waals surface area contributed by atoms with Crippen molar-refractivity contribution in [2.45, 2.75) is 20.0 Å². The van der Waals surface area contributed by atoms with Gasteiger partial charge in [0.15, 0.2) is 16.6 Å². The van der Waals surface area contributed by atoms with E-state index >= 15 is 0 Å². The molecule has 0 bridgehead atoms. The minimum Gasteiger partial charge on any atom is -0.493 e. The molecule has 0 fully saturated rings. The molecule has 0 aliphatic heterocycles. The lowest BCUT2D eigenvalue weighted by atomic mass is 10.1. The molecular formula is C28H26N2O3S. The summed E-state index contributed by atoms with van der Waals surface area (Å²) in [5.74, 6) is 1.01. The number of thiazole rings is 1. The molecule has 0 saturated heterocycles. The Labute approximate surface area is 203 Å². The Hall–Kier alpha value is -3.90. The molecule has 1 aromatic heterocycles. The zero-order valence-corrected chi connectivity index (χ0v) is 20.0. The van der Waals surface area contributed by atoms with Crippen molar-refractivity contribution in [3.63, 3.8) is 0 Å². The molecule has 3 aromatic carbocycles. The van der Waals surface area contributed by atoms with E-state index in [1.807, 2.05) is 53.9 Å². The smallest absolute Gasteiger partial charge is 0.250 e. The summed E-state index contributed by atoms with van der Waals surface area (Å²) >= 11 is 1.40. The third-order valence-corrected chi connectivity index (χ3v) is 6.00. The maximum absolute atomic E-state index is 12.4. The molecule has 4 rings (SSSR count). The van der Waals surface area contributed by atoms with Gasteiger partial charge in [-0.05, 0) is 41.3 Å². The van der Waals surface area contributed by atoms with Crippen LogP contribution in [0.2, 0.25) is 0 Å².